The maximum Gasteiger partial charge on any atom is 0.152 e. The second kappa shape index (κ2) is 4.90. The van der Waals surface area contributed by atoms with Crippen molar-refractivity contribution in [3.05, 3.63) is 52.7 Å². The number of carbonyl (C=O) groups is 1. The molecule has 2 aromatic rings. The molecule has 0 aliphatic heterocycles. The lowest BCUT2D eigenvalue weighted by Gasteiger charge is -1.98. The Hall–Kier alpha value is -1.67. The van der Waals surface area contributed by atoms with Crippen molar-refractivity contribution in [2.45, 2.75) is 6.92 Å². The van der Waals surface area contributed by atoms with E-state index in [1.165, 1.54) is 11.1 Å². The van der Waals surface area contributed by atoms with E-state index in [1.807, 2.05) is 18.2 Å². The summed E-state index contributed by atoms with van der Waals surface area (Å²) in [5, 5.41) is 4.19. The maximum absolute atomic E-state index is 10.8. The van der Waals surface area contributed by atoms with E-state index in [1.54, 1.807) is 24.3 Å². The molecule has 0 unspecified atom stereocenters. The summed E-state index contributed by atoms with van der Waals surface area (Å²) < 4.78 is 0. The van der Waals surface area contributed by atoms with Gasteiger partial charge in [-0.05, 0) is 46.5 Å². The Morgan fingerprint density at radius 2 is 1.88 bits per heavy atom. The SMILES string of the molecule is CC(=O)C=Cc1ccc(-c2ccsc2)cc1. The molecule has 0 atom stereocenters. The fourth-order valence-electron chi connectivity index (χ4n) is 1.43. The zero-order valence-electron chi connectivity index (χ0n) is 9.01. The third-order valence-electron chi connectivity index (χ3n) is 2.28. The quantitative estimate of drug-likeness (QED) is 0.725. The van der Waals surface area contributed by atoms with Gasteiger partial charge in [-0.15, -0.1) is 0 Å². The van der Waals surface area contributed by atoms with E-state index in [0.717, 1.165) is 5.56 Å². The summed E-state index contributed by atoms with van der Waals surface area (Å²) >= 11 is 1.69. The van der Waals surface area contributed by atoms with Gasteiger partial charge in [-0.3, -0.25) is 4.79 Å². The first-order chi connectivity index (χ1) is 7.75. The van der Waals surface area contributed by atoms with Crippen molar-refractivity contribution in [3.63, 3.8) is 0 Å². The van der Waals surface area contributed by atoms with Crippen LogP contribution in [0.3, 0.4) is 0 Å². The van der Waals surface area contributed by atoms with Crippen LogP contribution in [0.2, 0.25) is 0 Å². The average Bonchev–Trinajstić information content (AvgIpc) is 2.80. The molecule has 2 rings (SSSR count). The molecule has 0 saturated heterocycles. The zero-order valence-corrected chi connectivity index (χ0v) is 9.83. The van der Waals surface area contributed by atoms with Crippen LogP contribution in [0.1, 0.15) is 12.5 Å². The van der Waals surface area contributed by atoms with Crippen LogP contribution >= 0.6 is 11.3 Å². The molecule has 0 spiro atoms. The van der Waals surface area contributed by atoms with Crippen molar-refractivity contribution in [3.8, 4) is 11.1 Å². The predicted molar refractivity (Wildman–Crippen MR) is 69.5 cm³/mol. The molecule has 0 amide bonds. The summed E-state index contributed by atoms with van der Waals surface area (Å²) in [6, 6.07) is 10.3. The van der Waals surface area contributed by atoms with Crippen molar-refractivity contribution in [2.75, 3.05) is 0 Å². The Morgan fingerprint density at radius 3 is 2.44 bits per heavy atom. The fraction of sp³-hybridized carbons (Fsp3) is 0.0714. The van der Waals surface area contributed by atoms with Crippen LogP contribution in [0.5, 0.6) is 0 Å². The Balaban J connectivity index is 2.20. The van der Waals surface area contributed by atoms with Gasteiger partial charge in [0.2, 0.25) is 0 Å². The van der Waals surface area contributed by atoms with Crippen LogP contribution in [0.15, 0.2) is 47.2 Å². The van der Waals surface area contributed by atoms with Crippen LogP contribution in [-0.2, 0) is 4.79 Å². The summed E-state index contributed by atoms with van der Waals surface area (Å²) in [6.45, 7) is 1.55. The zero-order chi connectivity index (χ0) is 11.4. The molecule has 1 nitrogen and oxygen atoms in total. The van der Waals surface area contributed by atoms with Crippen molar-refractivity contribution < 1.29 is 4.79 Å². The second-order valence-corrected chi connectivity index (χ2v) is 4.36. The molecular weight excluding hydrogens is 216 g/mol. The number of rotatable bonds is 3. The molecule has 0 fully saturated rings. The van der Waals surface area contributed by atoms with Crippen molar-refractivity contribution in [1.82, 2.24) is 0 Å². The molecule has 80 valence electrons. The van der Waals surface area contributed by atoms with Crippen LogP contribution in [0, 0.1) is 0 Å². The topological polar surface area (TPSA) is 17.1 Å². The van der Waals surface area contributed by atoms with Gasteiger partial charge in [-0.2, -0.15) is 11.3 Å². The molecule has 2 heteroatoms. The molecule has 1 heterocycles. The standard InChI is InChI=1S/C14H12OS/c1-11(15)2-3-12-4-6-13(7-5-12)14-8-9-16-10-14/h2-10H,1H3. The Labute approximate surface area is 99.1 Å². The van der Waals surface area contributed by atoms with E-state index in [-0.39, 0.29) is 5.78 Å². The summed E-state index contributed by atoms with van der Waals surface area (Å²) in [4.78, 5) is 10.8. The molecule has 16 heavy (non-hydrogen) atoms. The first kappa shape index (κ1) is 10.8. The third kappa shape index (κ3) is 2.67. The number of allylic oxidation sites excluding steroid dienone is 1. The normalized spacial score (nSPS) is 10.8. The van der Waals surface area contributed by atoms with E-state index >= 15 is 0 Å². The number of hydrogen-bond acceptors (Lipinski definition) is 2. The van der Waals surface area contributed by atoms with Gasteiger partial charge in [0, 0.05) is 0 Å². The molecule has 0 aliphatic carbocycles. The molecule has 0 N–H and O–H groups in total. The molecule has 0 bridgehead atoms. The first-order valence-electron chi connectivity index (χ1n) is 5.07. The van der Waals surface area contributed by atoms with Gasteiger partial charge in [0.05, 0.1) is 0 Å². The highest BCUT2D eigenvalue weighted by Gasteiger charge is 1.96. The Kier molecular flexibility index (Phi) is 3.32. The molecule has 0 radical (unpaired) electrons. The van der Waals surface area contributed by atoms with Crippen LogP contribution in [-0.4, -0.2) is 5.78 Å². The smallest absolute Gasteiger partial charge is 0.152 e. The van der Waals surface area contributed by atoms with E-state index in [9.17, 15) is 4.79 Å². The lowest BCUT2D eigenvalue weighted by molar-refractivity contribution is -0.112. The fourth-order valence-corrected chi connectivity index (χ4v) is 2.09. The Bertz CT molecular complexity index is 492. The van der Waals surface area contributed by atoms with Gasteiger partial charge in [-0.1, -0.05) is 30.3 Å². The minimum Gasteiger partial charge on any atom is -0.295 e. The van der Waals surface area contributed by atoms with Gasteiger partial charge in [0.15, 0.2) is 5.78 Å². The van der Waals surface area contributed by atoms with Crippen LogP contribution in [0.4, 0.5) is 0 Å². The molecule has 1 aromatic carbocycles. The van der Waals surface area contributed by atoms with Crippen LogP contribution in [0.25, 0.3) is 17.2 Å². The summed E-state index contributed by atoms with van der Waals surface area (Å²) in [5.74, 6) is 0.0712. The first-order valence-corrected chi connectivity index (χ1v) is 6.01. The molecular formula is C14H12OS. The molecule has 1 aromatic heterocycles. The van der Waals surface area contributed by atoms with Gasteiger partial charge < -0.3 is 0 Å². The van der Waals surface area contributed by atoms with Gasteiger partial charge in [0.25, 0.3) is 0 Å². The number of benzene rings is 1. The maximum atomic E-state index is 10.8. The van der Waals surface area contributed by atoms with E-state index in [0.29, 0.717) is 0 Å². The summed E-state index contributed by atoms with van der Waals surface area (Å²) in [5.41, 5.74) is 3.50. The highest BCUT2D eigenvalue weighted by molar-refractivity contribution is 7.08. The minimum atomic E-state index is 0.0712. The van der Waals surface area contributed by atoms with E-state index in [2.05, 4.69) is 29.0 Å². The molecule has 0 saturated carbocycles. The number of ketones is 1. The van der Waals surface area contributed by atoms with Crippen molar-refractivity contribution in [1.29, 1.82) is 0 Å². The highest BCUT2D eigenvalue weighted by Crippen LogP contribution is 2.22. The van der Waals surface area contributed by atoms with E-state index in [4.69, 9.17) is 0 Å². The van der Waals surface area contributed by atoms with Crippen molar-refractivity contribution in [2.24, 2.45) is 0 Å². The minimum absolute atomic E-state index is 0.0712. The second-order valence-electron chi connectivity index (χ2n) is 3.58. The average molecular weight is 228 g/mol. The summed E-state index contributed by atoms with van der Waals surface area (Å²) in [6.07, 6.45) is 3.42. The van der Waals surface area contributed by atoms with Gasteiger partial charge in [-0.25, -0.2) is 0 Å². The predicted octanol–water partition coefficient (Wildman–Crippen LogP) is 4.02. The van der Waals surface area contributed by atoms with Gasteiger partial charge in [0.1, 0.15) is 0 Å². The van der Waals surface area contributed by atoms with E-state index < -0.39 is 0 Å². The van der Waals surface area contributed by atoms with Crippen molar-refractivity contribution >= 4 is 23.2 Å². The van der Waals surface area contributed by atoms with Crippen LogP contribution < -0.4 is 0 Å². The third-order valence-corrected chi connectivity index (χ3v) is 2.96. The highest BCUT2D eigenvalue weighted by atomic mass is 32.1. The number of carbonyl (C=O) groups excluding carboxylic acids is 1. The monoisotopic (exact) mass is 228 g/mol. The lowest BCUT2D eigenvalue weighted by atomic mass is 10.1. The lowest BCUT2D eigenvalue weighted by Crippen LogP contribution is -1.80. The largest absolute Gasteiger partial charge is 0.295 e. The van der Waals surface area contributed by atoms with Gasteiger partial charge >= 0.3 is 0 Å². The number of hydrogen-bond donors (Lipinski definition) is 0. The summed E-state index contributed by atoms with van der Waals surface area (Å²) in [7, 11) is 0. The number of thiophene rings is 1. The molecule has 0 aliphatic rings. The Morgan fingerprint density at radius 1 is 1.12 bits per heavy atom.